The summed E-state index contributed by atoms with van der Waals surface area (Å²) in [5.74, 6) is -0.326. The van der Waals surface area contributed by atoms with Gasteiger partial charge in [-0.15, -0.1) is 0 Å². The van der Waals surface area contributed by atoms with Crippen molar-refractivity contribution in [3.05, 3.63) is 23.2 Å². The molecule has 1 saturated carbocycles. The summed E-state index contributed by atoms with van der Waals surface area (Å²) < 4.78 is 5.54. The average Bonchev–Trinajstić information content (AvgIpc) is 3.22. The normalized spacial score (nSPS) is 17.1. The highest BCUT2D eigenvalue weighted by atomic mass is 16.4. The number of furan rings is 1. The number of hydrogen-bond acceptors (Lipinski definition) is 3. The third kappa shape index (κ3) is 3.18. The maximum atomic E-state index is 12.8. The Labute approximate surface area is 131 Å². The second kappa shape index (κ2) is 6.55. The molecule has 22 heavy (non-hydrogen) atoms. The summed E-state index contributed by atoms with van der Waals surface area (Å²) in [6.07, 6.45) is 3.48. The largest absolute Gasteiger partial charge is 0.478 e. The van der Waals surface area contributed by atoms with Crippen LogP contribution in [0.25, 0.3) is 0 Å². The topological polar surface area (TPSA) is 70.8 Å². The predicted octanol–water partition coefficient (Wildman–Crippen LogP) is 3.58. The van der Waals surface area contributed by atoms with Crippen molar-refractivity contribution in [1.29, 1.82) is 0 Å². The number of amides is 1. The molecule has 0 saturated heterocycles. The summed E-state index contributed by atoms with van der Waals surface area (Å²) in [6.45, 7) is 8.13. The number of hydrogen-bond donors (Lipinski definition) is 1. The molecule has 1 aromatic heterocycles. The monoisotopic (exact) mass is 307 g/mol. The molecule has 1 heterocycles. The summed E-state index contributed by atoms with van der Waals surface area (Å²) in [4.78, 5) is 26.0. The van der Waals surface area contributed by atoms with E-state index in [1.165, 1.54) is 6.07 Å². The summed E-state index contributed by atoms with van der Waals surface area (Å²) in [7, 11) is 0. The van der Waals surface area contributed by atoms with Gasteiger partial charge in [0.1, 0.15) is 11.3 Å². The van der Waals surface area contributed by atoms with Gasteiger partial charge in [-0.1, -0.05) is 27.2 Å². The average molecular weight is 307 g/mol. The van der Waals surface area contributed by atoms with Gasteiger partial charge in [0.15, 0.2) is 5.76 Å². The molecule has 0 radical (unpaired) electrons. The molecule has 5 heteroatoms. The van der Waals surface area contributed by atoms with E-state index in [1.54, 1.807) is 0 Å². The van der Waals surface area contributed by atoms with Gasteiger partial charge >= 0.3 is 5.97 Å². The van der Waals surface area contributed by atoms with E-state index in [9.17, 15) is 14.7 Å². The second-order valence-corrected chi connectivity index (χ2v) is 6.18. The molecule has 2 atom stereocenters. The third-order valence-electron chi connectivity index (χ3n) is 4.65. The summed E-state index contributed by atoms with van der Waals surface area (Å²) in [5.41, 5.74) is 0.0952. The Morgan fingerprint density at radius 1 is 1.36 bits per heavy atom. The zero-order valence-electron chi connectivity index (χ0n) is 13.8. The molecule has 1 aliphatic rings. The molecule has 0 bridgehead atoms. The molecule has 1 fully saturated rings. The molecule has 0 aromatic carbocycles. The fourth-order valence-electron chi connectivity index (χ4n) is 2.76. The zero-order valence-corrected chi connectivity index (χ0v) is 13.8. The number of carbonyl (C=O) groups is 2. The molecule has 1 N–H and O–H groups in total. The number of aromatic carboxylic acids is 1. The van der Waals surface area contributed by atoms with Crippen LogP contribution in [0.15, 0.2) is 10.5 Å². The fraction of sp³-hybridized carbons (Fsp3) is 0.647. The van der Waals surface area contributed by atoms with Gasteiger partial charge in [-0.05, 0) is 25.7 Å². The van der Waals surface area contributed by atoms with Crippen LogP contribution in [0.1, 0.15) is 73.6 Å². The molecule has 0 aliphatic heterocycles. The van der Waals surface area contributed by atoms with Crippen LogP contribution in [0.4, 0.5) is 0 Å². The summed E-state index contributed by atoms with van der Waals surface area (Å²) >= 11 is 0. The van der Waals surface area contributed by atoms with Crippen LogP contribution in [-0.2, 0) is 6.42 Å². The predicted molar refractivity (Wildman–Crippen MR) is 83.2 cm³/mol. The fourth-order valence-corrected chi connectivity index (χ4v) is 2.76. The Hall–Kier alpha value is -1.78. The summed E-state index contributed by atoms with van der Waals surface area (Å²) in [6, 6.07) is 1.76. The van der Waals surface area contributed by atoms with E-state index in [0.717, 1.165) is 19.3 Å². The van der Waals surface area contributed by atoms with E-state index in [4.69, 9.17) is 4.42 Å². The lowest BCUT2D eigenvalue weighted by atomic mass is 9.98. The van der Waals surface area contributed by atoms with Gasteiger partial charge in [0.05, 0.1) is 0 Å². The van der Waals surface area contributed by atoms with Gasteiger partial charge in [-0.25, -0.2) is 4.79 Å². The molecule has 1 aromatic rings. The van der Waals surface area contributed by atoms with Crippen molar-refractivity contribution in [2.75, 3.05) is 0 Å². The van der Waals surface area contributed by atoms with Crippen molar-refractivity contribution in [3.8, 4) is 0 Å². The highest BCUT2D eigenvalue weighted by molar-refractivity contribution is 5.96. The van der Waals surface area contributed by atoms with Crippen molar-refractivity contribution in [3.63, 3.8) is 0 Å². The van der Waals surface area contributed by atoms with Crippen molar-refractivity contribution in [2.24, 2.45) is 5.92 Å². The van der Waals surface area contributed by atoms with Crippen molar-refractivity contribution >= 4 is 11.9 Å². The smallest absolute Gasteiger partial charge is 0.339 e. The SMILES string of the molecule is CCc1oc(C(=O)N(C2CC2)C(C)C(C)CC)cc1C(=O)O. The standard InChI is InChI=1S/C17H25NO4/c1-5-10(3)11(4)18(12-7-8-12)16(19)15-9-13(17(20)21)14(6-2)22-15/h9-12H,5-8H2,1-4H3,(H,20,21). The molecule has 5 nitrogen and oxygen atoms in total. The van der Waals surface area contributed by atoms with Gasteiger partial charge in [-0.2, -0.15) is 0 Å². The quantitative estimate of drug-likeness (QED) is 0.836. The first-order chi connectivity index (χ1) is 10.4. The Kier molecular flexibility index (Phi) is 4.94. The van der Waals surface area contributed by atoms with Gasteiger partial charge in [0, 0.05) is 24.6 Å². The van der Waals surface area contributed by atoms with E-state index in [2.05, 4.69) is 20.8 Å². The van der Waals surface area contributed by atoms with Gasteiger partial charge in [0.25, 0.3) is 5.91 Å². The van der Waals surface area contributed by atoms with Gasteiger partial charge in [-0.3, -0.25) is 4.79 Å². The number of rotatable bonds is 7. The van der Waals surface area contributed by atoms with Crippen LogP contribution >= 0.6 is 0 Å². The number of nitrogens with zero attached hydrogens (tertiary/aromatic N) is 1. The van der Waals surface area contributed by atoms with Crippen LogP contribution in [0, 0.1) is 5.92 Å². The maximum Gasteiger partial charge on any atom is 0.339 e. The van der Waals surface area contributed by atoms with Crippen molar-refractivity contribution in [2.45, 2.75) is 65.5 Å². The Bertz CT molecular complexity index is 559. The number of carboxylic acids is 1. The van der Waals surface area contributed by atoms with Crippen LogP contribution in [0.5, 0.6) is 0 Å². The third-order valence-corrected chi connectivity index (χ3v) is 4.65. The molecule has 122 valence electrons. The van der Waals surface area contributed by atoms with Crippen molar-refractivity contribution < 1.29 is 19.1 Å². The minimum Gasteiger partial charge on any atom is -0.478 e. The van der Waals surface area contributed by atoms with E-state index >= 15 is 0 Å². The summed E-state index contributed by atoms with van der Waals surface area (Å²) in [5, 5.41) is 9.20. The lowest BCUT2D eigenvalue weighted by Crippen LogP contribution is -2.43. The lowest BCUT2D eigenvalue weighted by Gasteiger charge is -2.32. The van der Waals surface area contributed by atoms with Gasteiger partial charge in [0.2, 0.25) is 0 Å². The van der Waals surface area contributed by atoms with E-state index in [0.29, 0.717) is 18.1 Å². The highest BCUT2D eigenvalue weighted by Crippen LogP contribution is 2.33. The number of carbonyl (C=O) groups excluding carboxylic acids is 1. The Balaban J connectivity index is 2.29. The van der Waals surface area contributed by atoms with E-state index < -0.39 is 5.97 Å². The van der Waals surface area contributed by atoms with Crippen molar-refractivity contribution in [1.82, 2.24) is 4.90 Å². The van der Waals surface area contributed by atoms with Crippen LogP contribution in [0.3, 0.4) is 0 Å². The maximum absolute atomic E-state index is 12.8. The minimum absolute atomic E-state index is 0.0952. The van der Waals surface area contributed by atoms with E-state index in [1.807, 2.05) is 11.8 Å². The molecule has 2 rings (SSSR count). The first-order valence-corrected chi connectivity index (χ1v) is 8.09. The van der Waals surface area contributed by atoms with E-state index in [-0.39, 0.29) is 29.3 Å². The highest BCUT2D eigenvalue weighted by Gasteiger charge is 2.39. The van der Waals surface area contributed by atoms with Crippen LogP contribution in [-0.4, -0.2) is 34.0 Å². The molecule has 1 aliphatic carbocycles. The first-order valence-electron chi connectivity index (χ1n) is 8.09. The number of carboxylic acid groups (broad SMARTS) is 1. The van der Waals surface area contributed by atoms with Crippen LogP contribution < -0.4 is 0 Å². The molecular formula is C17H25NO4. The number of aryl methyl sites for hydroxylation is 1. The molecule has 2 unspecified atom stereocenters. The Morgan fingerprint density at radius 3 is 2.41 bits per heavy atom. The zero-order chi connectivity index (χ0) is 16.4. The van der Waals surface area contributed by atoms with Crippen LogP contribution in [0.2, 0.25) is 0 Å². The molecular weight excluding hydrogens is 282 g/mol. The molecule has 1 amide bonds. The second-order valence-electron chi connectivity index (χ2n) is 6.18. The minimum atomic E-state index is -1.05. The first kappa shape index (κ1) is 16.6. The molecule has 0 spiro atoms. The lowest BCUT2D eigenvalue weighted by molar-refractivity contribution is 0.0580. The Morgan fingerprint density at radius 2 is 2.00 bits per heavy atom. The van der Waals surface area contributed by atoms with Gasteiger partial charge < -0.3 is 14.4 Å².